The number of rotatable bonds is 3. The summed E-state index contributed by atoms with van der Waals surface area (Å²) in [4.78, 5) is 28.9. The number of hydrogen-bond acceptors (Lipinski definition) is 4. The van der Waals surface area contributed by atoms with Crippen LogP contribution in [0.1, 0.15) is 59.3 Å². The summed E-state index contributed by atoms with van der Waals surface area (Å²) in [7, 11) is 2.14. The van der Waals surface area contributed by atoms with Crippen molar-refractivity contribution in [2.45, 2.75) is 83.0 Å². The third kappa shape index (κ3) is 3.93. The lowest BCUT2D eigenvalue weighted by Crippen LogP contribution is -2.50. The molecule has 6 heteroatoms. The maximum absolute atomic E-state index is 12.5. The smallest absolute Gasteiger partial charge is 0.410 e. The fraction of sp³-hybridized carbons (Fsp3) is 0.818. The summed E-state index contributed by atoms with van der Waals surface area (Å²) in [6.07, 6.45) is 10.3. The molecule has 3 atom stereocenters. The zero-order valence-corrected chi connectivity index (χ0v) is 17.7. The number of nitrogens with zero attached hydrogens (tertiary/aromatic N) is 2. The van der Waals surface area contributed by atoms with Crippen molar-refractivity contribution >= 4 is 12.0 Å². The van der Waals surface area contributed by atoms with Crippen molar-refractivity contribution in [1.29, 1.82) is 0 Å². The van der Waals surface area contributed by atoms with Gasteiger partial charge in [0.25, 0.3) is 0 Å². The lowest BCUT2D eigenvalue weighted by atomic mass is 9.57. The molecule has 2 saturated heterocycles. The highest BCUT2D eigenvalue weighted by atomic mass is 16.6. The summed E-state index contributed by atoms with van der Waals surface area (Å²) in [5.74, 6) is 0.713. The van der Waals surface area contributed by atoms with E-state index >= 15 is 0 Å². The predicted octanol–water partition coefficient (Wildman–Crippen LogP) is 2.93. The second-order valence-electron chi connectivity index (χ2n) is 10.5. The van der Waals surface area contributed by atoms with E-state index in [9.17, 15) is 9.59 Å². The Hall–Kier alpha value is -1.56. The molecule has 2 bridgehead atoms. The molecule has 0 radical (unpaired) electrons. The van der Waals surface area contributed by atoms with Gasteiger partial charge in [0.2, 0.25) is 5.91 Å². The van der Waals surface area contributed by atoms with E-state index in [0.717, 1.165) is 45.2 Å². The molecule has 1 aliphatic carbocycles. The molecule has 156 valence electrons. The van der Waals surface area contributed by atoms with Gasteiger partial charge in [0.15, 0.2) is 0 Å². The first kappa shape index (κ1) is 19.7. The van der Waals surface area contributed by atoms with E-state index in [1.165, 1.54) is 0 Å². The Morgan fingerprint density at radius 1 is 1.18 bits per heavy atom. The van der Waals surface area contributed by atoms with Gasteiger partial charge < -0.3 is 15.0 Å². The van der Waals surface area contributed by atoms with Crippen molar-refractivity contribution in [3.05, 3.63) is 12.2 Å². The topological polar surface area (TPSA) is 61.9 Å². The van der Waals surface area contributed by atoms with Gasteiger partial charge in [-0.05, 0) is 71.3 Å². The summed E-state index contributed by atoms with van der Waals surface area (Å²) in [6, 6.07) is 1.15. The zero-order chi connectivity index (χ0) is 20.1. The van der Waals surface area contributed by atoms with Crippen LogP contribution in [0.4, 0.5) is 4.79 Å². The van der Waals surface area contributed by atoms with Gasteiger partial charge in [-0.2, -0.15) is 0 Å². The second kappa shape index (κ2) is 7.05. The van der Waals surface area contributed by atoms with Gasteiger partial charge in [0.05, 0.1) is 0 Å². The van der Waals surface area contributed by atoms with Crippen molar-refractivity contribution < 1.29 is 14.3 Å². The molecule has 3 fully saturated rings. The summed E-state index contributed by atoms with van der Waals surface area (Å²) >= 11 is 0. The van der Waals surface area contributed by atoms with Crippen LogP contribution in [0.25, 0.3) is 0 Å². The van der Waals surface area contributed by atoms with E-state index in [1.807, 2.05) is 25.7 Å². The Labute approximate surface area is 168 Å². The average Bonchev–Trinajstić information content (AvgIpc) is 3.07. The van der Waals surface area contributed by atoms with Crippen LogP contribution in [0.15, 0.2) is 12.2 Å². The zero-order valence-electron chi connectivity index (χ0n) is 17.7. The molecule has 3 aliphatic heterocycles. The van der Waals surface area contributed by atoms with E-state index in [-0.39, 0.29) is 18.0 Å². The Balaban J connectivity index is 1.18. The Bertz CT molecular complexity index is 652. The molecule has 0 aromatic rings. The second-order valence-corrected chi connectivity index (χ2v) is 10.5. The number of likely N-dealkylation sites (tertiary alicyclic amines) is 1. The fourth-order valence-electron chi connectivity index (χ4n) is 5.68. The molecule has 4 aliphatic rings. The lowest BCUT2D eigenvalue weighted by molar-refractivity contribution is -0.125. The van der Waals surface area contributed by atoms with E-state index in [0.29, 0.717) is 29.8 Å². The minimum absolute atomic E-state index is 0.192. The van der Waals surface area contributed by atoms with Crippen LogP contribution >= 0.6 is 0 Å². The molecule has 1 saturated carbocycles. The predicted molar refractivity (Wildman–Crippen MR) is 108 cm³/mol. The van der Waals surface area contributed by atoms with Crippen molar-refractivity contribution in [3.63, 3.8) is 0 Å². The Morgan fingerprint density at radius 3 is 2.39 bits per heavy atom. The van der Waals surface area contributed by atoms with Gasteiger partial charge in [-0.1, -0.05) is 12.2 Å². The molecule has 1 N–H and O–H groups in total. The number of nitrogens with one attached hydrogen (secondary N) is 1. The normalized spacial score (nSPS) is 31.9. The summed E-state index contributed by atoms with van der Waals surface area (Å²) < 4.78 is 5.49. The molecule has 6 nitrogen and oxygen atoms in total. The first-order chi connectivity index (χ1) is 13.1. The highest BCUT2D eigenvalue weighted by molar-refractivity contribution is 5.77. The monoisotopic (exact) mass is 389 g/mol. The number of likely N-dealkylation sites (N-methyl/N-ethyl adjacent to an activating group) is 1. The number of ether oxygens (including phenoxy) is 1. The van der Waals surface area contributed by atoms with Gasteiger partial charge in [-0.25, -0.2) is 4.79 Å². The van der Waals surface area contributed by atoms with Crippen LogP contribution in [0, 0.1) is 11.3 Å². The Morgan fingerprint density at radius 2 is 1.86 bits per heavy atom. The summed E-state index contributed by atoms with van der Waals surface area (Å²) in [6.45, 7) is 7.27. The van der Waals surface area contributed by atoms with E-state index in [4.69, 9.17) is 4.74 Å². The molecular formula is C22H35N3O3. The molecule has 28 heavy (non-hydrogen) atoms. The van der Waals surface area contributed by atoms with Crippen molar-refractivity contribution in [2.75, 3.05) is 20.1 Å². The van der Waals surface area contributed by atoms with Crippen LogP contribution in [0.3, 0.4) is 0 Å². The molecule has 0 aromatic heterocycles. The van der Waals surface area contributed by atoms with Gasteiger partial charge in [0, 0.05) is 37.6 Å². The third-order valence-electron chi connectivity index (χ3n) is 7.17. The van der Waals surface area contributed by atoms with Crippen LogP contribution in [-0.2, 0) is 9.53 Å². The fourth-order valence-corrected chi connectivity index (χ4v) is 5.68. The molecule has 2 amide bonds. The number of carbonyl (C=O) groups is 2. The molecule has 3 heterocycles. The van der Waals surface area contributed by atoms with Gasteiger partial charge >= 0.3 is 6.09 Å². The van der Waals surface area contributed by atoms with Crippen molar-refractivity contribution in [2.24, 2.45) is 11.3 Å². The lowest BCUT2D eigenvalue weighted by Gasteiger charge is -2.52. The largest absolute Gasteiger partial charge is 0.444 e. The quantitative estimate of drug-likeness (QED) is 0.754. The first-order valence-corrected chi connectivity index (χ1v) is 10.8. The van der Waals surface area contributed by atoms with Gasteiger partial charge in [0.1, 0.15) is 5.60 Å². The number of fused-ring (bicyclic) bond motifs is 2. The minimum atomic E-state index is -0.440. The molecule has 0 aromatic carbocycles. The number of piperidine rings is 1. The van der Waals surface area contributed by atoms with Crippen LogP contribution in [0.5, 0.6) is 0 Å². The van der Waals surface area contributed by atoms with Gasteiger partial charge in [-0.15, -0.1) is 0 Å². The molecule has 3 unspecified atom stereocenters. The number of hydrogen-bond donors (Lipinski definition) is 1. The molecular weight excluding hydrogens is 354 g/mol. The number of carbonyl (C=O) groups excluding carboxylic acids is 2. The summed E-state index contributed by atoms with van der Waals surface area (Å²) in [5.41, 5.74) is -0.0938. The van der Waals surface area contributed by atoms with Gasteiger partial charge in [-0.3, -0.25) is 9.69 Å². The number of amides is 2. The maximum atomic E-state index is 12.5. The minimum Gasteiger partial charge on any atom is -0.444 e. The van der Waals surface area contributed by atoms with Crippen LogP contribution < -0.4 is 5.32 Å². The van der Waals surface area contributed by atoms with E-state index < -0.39 is 5.60 Å². The first-order valence-electron chi connectivity index (χ1n) is 10.8. The average molecular weight is 390 g/mol. The molecule has 1 spiro atoms. The van der Waals surface area contributed by atoms with E-state index in [1.54, 1.807) is 0 Å². The van der Waals surface area contributed by atoms with E-state index in [2.05, 4.69) is 29.4 Å². The van der Waals surface area contributed by atoms with Crippen molar-refractivity contribution in [3.8, 4) is 0 Å². The highest BCUT2D eigenvalue weighted by Crippen LogP contribution is 2.53. The summed E-state index contributed by atoms with van der Waals surface area (Å²) in [5, 5.41) is 3.27. The standard InChI is InChI=1S/C22H35N3O3/c1-21(2,3)28-20(27)25-9-7-22(8-10-25)13-15(14-22)11-19(26)23-17-12-16-5-6-18(17)24(16)4/h5-6,15-18H,7-14H2,1-4H3,(H,23,26). The Kier molecular flexibility index (Phi) is 4.97. The highest BCUT2D eigenvalue weighted by Gasteiger charge is 2.47. The van der Waals surface area contributed by atoms with Crippen molar-refractivity contribution in [1.82, 2.24) is 15.1 Å². The van der Waals surface area contributed by atoms with Crippen LogP contribution in [0.2, 0.25) is 0 Å². The maximum Gasteiger partial charge on any atom is 0.410 e. The third-order valence-corrected chi connectivity index (χ3v) is 7.17. The molecule has 4 rings (SSSR count). The SMILES string of the molecule is CN1C2C=CC1C(NC(=O)CC1CC3(CCN(C(=O)OC(C)(C)C)CC3)C1)C2. The van der Waals surface area contributed by atoms with Crippen LogP contribution in [-0.4, -0.2) is 65.7 Å².